The molecule has 0 bridgehead atoms. The Kier molecular flexibility index (Phi) is 4.15. The number of methoxy groups -OCH3 is 1. The number of hydrogen-bond acceptors (Lipinski definition) is 6. The highest BCUT2D eigenvalue weighted by atomic mass is 16.5. The summed E-state index contributed by atoms with van der Waals surface area (Å²) < 4.78 is 10.8. The number of anilines is 1. The van der Waals surface area contributed by atoms with Crippen LogP contribution in [0, 0.1) is 0 Å². The lowest BCUT2D eigenvalue weighted by Crippen LogP contribution is -1.97. The van der Waals surface area contributed by atoms with Crippen molar-refractivity contribution in [1.82, 2.24) is 9.97 Å². The van der Waals surface area contributed by atoms with Crippen molar-refractivity contribution in [3.8, 4) is 17.4 Å². The van der Waals surface area contributed by atoms with E-state index in [1.807, 2.05) is 0 Å². The maximum absolute atomic E-state index is 9.08. The molecule has 0 unspecified atom stereocenters. The topological polar surface area (TPSA) is 76.5 Å². The maximum Gasteiger partial charge on any atom is 0.240 e. The first-order valence-corrected chi connectivity index (χ1v) is 5.72. The fraction of sp³-hybridized carbons (Fsp3) is 0.231. The van der Waals surface area contributed by atoms with Crippen LogP contribution in [0.3, 0.4) is 0 Å². The standard InChI is InChI=1S/C13H15N3O3/c1-14-12-6-15-7-13(16-12)19-10-4-3-9(8-17)5-11(10)18-2/h3-7,17H,8H2,1-2H3,(H,14,16). The van der Waals surface area contributed by atoms with Crippen LogP contribution in [0.1, 0.15) is 5.56 Å². The summed E-state index contributed by atoms with van der Waals surface area (Å²) in [5.41, 5.74) is 0.749. The number of aliphatic hydroxyl groups excluding tert-OH is 1. The van der Waals surface area contributed by atoms with Crippen LogP contribution >= 0.6 is 0 Å². The molecule has 1 aromatic carbocycles. The molecule has 0 saturated heterocycles. The van der Waals surface area contributed by atoms with E-state index in [1.54, 1.807) is 38.6 Å². The van der Waals surface area contributed by atoms with Gasteiger partial charge in [0.2, 0.25) is 5.88 Å². The minimum absolute atomic E-state index is 0.0499. The molecule has 19 heavy (non-hydrogen) atoms. The van der Waals surface area contributed by atoms with Gasteiger partial charge in [0, 0.05) is 7.05 Å². The minimum atomic E-state index is -0.0499. The highest BCUT2D eigenvalue weighted by Gasteiger charge is 2.08. The van der Waals surface area contributed by atoms with Crippen LogP contribution in [0.4, 0.5) is 5.82 Å². The largest absolute Gasteiger partial charge is 0.493 e. The third kappa shape index (κ3) is 3.11. The molecule has 0 aliphatic rings. The lowest BCUT2D eigenvalue weighted by Gasteiger charge is -2.11. The molecular formula is C13H15N3O3. The molecule has 0 amide bonds. The molecule has 2 aromatic rings. The second-order valence-corrected chi connectivity index (χ2v) is 3.74. The maximum atomic E-state index is 9.08. The third-order valence-corrected chi connectivity index (χ3v) is 2.49. The number of hydrogen-bond donors (Lipinski definition) is 2. The van der Waals surface area contributed by atoms with E-state index >= 15 is 0 Å². The Balaban J connectivity index is 2.26. The number of rotatable bonds is 5. The quantitative estimate of drug-likeness (QED) is 0.854. The molecule has 6 heteroatoms. The summed E-state index contributed by atoms with van der Waals surface area (Å²) in [7, 11) is 3.30. The van der Waals surface area contributed by atoms with Gasteiger partial charge in [-0.3, -0.25) is 4.98 Å². The van der Waals surface area contributed by atoms with Crippen LogP contribution in [-0.4, -0.2) is 29.2 Å². The van der Waals surface area contributed by atoms with Crippen LogP contribution in [0.15, 0.2) is 30.6 Å². The van der Waals surface area contributed by atoms with E-state index in [1.165, 1.54) is 6.20 Å². The van der Waals surface area contributed by atoms with Gasteiger partial charge in [0.25, 0.3) is 0 Å². The lowest BCUT2D eigenvalue weighted by molar-refractivity contribution is 0.280. The summed E-state index contributed by atoms with van der Waals surface area (Å²) in [5, 5.41) is 12.0. The molecule has 2 rings (SSSR count). The Morgan fingerprint density at radius 2 is 2.11 bits per heavy atom. The smallest absolute Gasteiger partial charge is 0.240 e. The first kappa shape index (κ1) is 13.1. The molecule has 1 aromatic heterocycles. The van der Waals surface area contributed by atoms with Gasteiger partial charge in [-0.2, -0.15) is 4.98 Å². The molecule has 6 nitrogen and oxygen atoms in total. The van der Waals surface area contributed by atoms with Crippen molar-refractivity contribution < 1.29 is 14.6 Å². The summed E-state index contributed by atoms with van der Waals surface area (Å²) in [6.45, 7) is -0.0499. The average molecular weight is 261 g/mol. The Hall–Kier alpha value is -2.34. The van der Waals surface area contributed by atoms with Crippen molar-refractivity contribution in [3.63, 3.8) is 0 Å². The van der Waals surface area contributed by atoms with Crippen molar-refractivity contribution in [1.29, 1.82) is 0 Å². The molecule has 0 aliphatic heterocycles. The monoisotopic (exact) mass is 261 g/mol. The highest BCUT2D eigenvalue weighted by molar-refractivity contribution is 5.45. The summed E-state index contributed by atoms with van der Waals surface area (Å²) in [6.07, 6.45) is 3.11. The number of nitrogens with zero attached hydrogens (tertiary/aromatic N) is 2. The van der Waals surface area contributed by atoms with Gasteiger partial charge in [0.05, 0.1) is 26.1 Å². The van der Waals surface area contributed by atoms with Gasteiger partial charge in [-0.15, -0.1) is 0 Å². The van der Waals surface area contributed by atoms with Crippen LogP contribution in [-0.2, 0) is 6.61 Å². The van der Waals surface area contributed by atoms with E-state index in [0.717, 1.165) is 5.56 Å². The van der Waals surface area contributed by atoms with Gasteiger partial charge in [0.15, 0.2) is 11.5 Å². The van der Waals surface area contributed by atoms with E-state index in [-0.39, 0.29) is 6.61 Å². The van der Waals surface area contributed by atoms with Crippen LogP contribution in [0.2, 0.25) is 0 Å². The van der Waals surface area contributed by atoms with Gasteiger partial charge in [-0.05, 0) is 17.7 Å². The van der Waals surface area contributed by atoms with E-state index < -0.39 is 0 Å². The zero-order valence-electron chi connectivity index (χ0n) is 10.8. The van der Waals surface area contributed by atoms with Crippen LogP contribution in [0.25, 0.3) is 0 Å². The molecule has 0 aliphatic carbocycles. The predicted octanol–water partition coefficient (Wildman–Crippen LogP) is 1.81. The average Bonchev–Trinajstić information content (AvgIpc) is 2.48. The van der Waals surface area contributed by atoms with Gasteiger partial charge in [0.1, 0.15) is 5.82 Å². The number of ether oxygens (including phenoxy) is 2. The third-order valence-electron chi connectivity index (χ3n) is 2.49. The lowest BCUT2D eigenvalue weighted by atomic mass is 10.2. The van der Waals surface area contributed by atoms with Crippen LogP contribution in [0.5, 0.6) is 17.4 Å². The van der Waals surface area contributed by atoms with Crippen molar-refractivity contribution in [2.75, 3.05) is 19.5 Å². The molecule has 1 heterocycles. The molecule has 0 spiro atoms. The Morgan fingerprint density at radius 1 is 1.26 bits per heavy atom. The fourth-order valence-electron chi connectivity index (χ4n) is 1.53. The fourth-order valence-corrected chi connectivity index (χ4v) is 1.53. The van der Waals surface area contributed by atoms with Crippen molar-refractivity contribution in [2.24, 2.45) is 0 Å². The van der Waals surface area contributed by atoms with E-state index in [9.17, 15) is 0 Å². The number of nitrogens with one attached hydrogen (secondary N) is 1. The number of aromatic nitrogens is 2. The molecule has 100 valence electrons. The van der Waals surface area contributed by atoms with E-state index in [0.29, 0.717) is 23.2 Å². The summed E-state index contributed by atoms with van der Waals surface area (Å²) in [6, 6.07) is 5.19. The molecule has 0 radical (unpaired) electrons. The molecule has 0 fully saturated rings. The normalized spacial score (nSPS) is 10.1. The van der Waals surface area contributed by atoms with E-state index in [4.69, 9.17) is 14.6 Å². The number of aliphatic hydroxyl groups is 1. The zero-order chi connectivity index (χ0) is 13.7. The minimum Gasteiger partial charge on any atom is -0.493 e. The zero-order valence-corrected chi connectivity index (χ0v) is 10.8. The van der Waals surface area contributed by atoms with Gasteiger partial charge >= 0.3 is 0 Å². The molecular weight excluding hydrogens is 246 g/mol. The second-order valence-electron chi connectivity index (χ2n) is 3.74. The molecule has 2 N–H and O–H groups in total. The van der Waals surface area contributed by atoms with Crippen LogP contribution < -0.4 is 14.8 Å². The predicted molar refractivity (Wildman–Crippen MR) is 70.6 cm³/mol. The van der Waals surface area contributed by atoms with Gasteiger partial charge in [-0.1, -0.05) is 6.07 Å². The van der Waals surface area contributed by atoms with E-state index in [2.05, 4.69) is 15.3 Å². The second kappa shape index (κ2) is 6.01. The Morgan fingerprint density at radius 3 is 2.79 bits per heavy atom. The van der Waals surface area contributed by atoms with Crippen molar-refractivity contribution in [3.05, 3.63) is 36.2 Å². The first-order chi connectivity index (χ1) is 9.26. The molecule has 0 atom stereocenters. The SMILES string of the molecule is CNc1cncc(Oc2ccc(CO)cc2OC)n1. The molecule has 0 saturated carbocycles. The summed E-state index contributed by atoms with van der Waals surface area (Å²) in [5.74, 6) is 2.02. The van der Waals surface area contributed by atoms with Crippen molar-refractivity contribution in [2.45, 2.75) is 6.61 Å². The van der Waals surface area contributed by atoms with Gasteiger partial charge in [-0.25, -0.2) is 0 Å². The first-order valence-electron chi connectivity index (χ1n) is 5.72. The summed E-state index contributed by atoms with van der Waals surface area (Å²) >= 11 is 0. The highest BCUT2D eigenvalue weighted by Crippen LogP contribution is 2.31. The van der Waals surface area contributed by atoms with Gasteiger partial charge < -0.3 is 19.9 Å². The Labute approximate surface area is 111 Å². The summed E-state index contributed by atoms with van der Waals surface area (Å²) in [4.78, 5) is 8.21. The van der Waals surface area contributed by atoms with Crippen molar-refractivity contribution >= 4 is 5.82 Å². The Bertz CT molecular complexity index is 561. The number of benzene rings is 1.